The number of nitrogens with one attached hydrogen (secondary N) is 1. The summed E-state index contributed by atoms with van der Waals surface area (Å²) in [6.07, 6.45) is -13.2. The van der Waals surface area contributed by atoms with Gasteiger partial charge in [-0.15, -0.1) is 0 Å². The number of hydrogen-bond acceptors (Lipinski definition) is 4. The molecule has 1 aliphatic heterocycles. The molecule has 0 spiro atoms. The Kier molecular flexibility index (Phi) is 5.62. The van der Waals surface area contributed by atoms with Gasteiger partial charge in [-0.3, -0.25) is 4.79 Å². The number of aliphatic hydroxyl groups is 1. The van der Waals surface area contributed by atoms with Crippen LogP contribution in [-0.4, -0.2) is 47.7 Å². The predicted molar refractivity (Wildman–Crippen MR) is 67.4 cm³/mol. The van der Waals surface area contributed by atoms with Gasteiger partial charge in [-0.25, -0.2) is 0 Å². The summed E-state index contributed by atoms with van der Waals surface area (Å²) in [7, 11) is 0. The number of alkyl halides is 6. The van der Waals surface area contributed by atoms with E-state index in [9.17, 15) is 31.1 Å². The van der Waals surface area contributed by atoms with E-state index in [4.69, 9.17) is 9.84 Å². The van der Waals surface area contributed by atoms with E-state index in [1.807, 2.05) is 0 Å². The molecule has 0 aromatic heterocycles. The normalized spacial score (nSPS) is 18.8. The van der Waals surface area contributed by atoms with Crippen LogP contribution in [0.3, 0.4) is 0 Å². The lowest BCUT2D eigenvalue weighted by molar-refractivity contribution is -0.368. The van der Waals surface area contributed by atoms with Gasteiger partial charge in [0, 0.05) is 5.92 Å². The minimum Gasteiger partial charge on any atom is -0.459 e. The largest absolute Gasteiger partial charge is 0.459 e. The average Bonchev–Trinajstić information content (AvgIpc) is 2.36. The number of carbonyl (C=O) groups is 1. The quantitative estimate of drug-likeness (QED) is 0.604. The molecule has 4 nitrogen and oxygen atoms in total. The highest BCUT2D eigenvalue weighted by Gasteiger charge is 2.71. The fraction of sp³-hybridized carbons (Fsp3) is 0.923. The molecule has 0 aliphatic carbocycles. The van der Waals surface area contributed by atoms with Crippen molar-refractivity contribution in [2.24, 2.45) is 5.92 Å². The molecule has 1 heterocycles. The lowest BCUT2D eigenvalue weighted by atomic mass is 9.83. The fourth-order valence-electron chi connectivity index (χ4n) is 2.50. The summed E-state index contributed by atoms with van der Waals surface area (Å²) in [6.45, 7) is 4.09. The Hall–Kier alpha value is -1.03. The monoisotopic (exact) mass is 351 g/mol. The van der Waals surface area contributed by atoms with Crippen molar-refractivity contribution in [1.82, 2.24) is 5.32 Å². The van der Waals surface area contributed by atoms with E-state index >= 15 is 0 Å². The Morgan fingerprint density at radius 1 is 1.09 bits per heavy atom. The Morgan fingerprint density at radius 2 is 1.52 bits per heavy atom. The van der Waals surface area contributed by atoms with Gasteiger partial charge in [-0.05, 0) is 39.8 Å². The Balaban J connectivity index is 2.84. The van der Waals surface area contributed by atoms with Crippen molar-refractivity contribution in [3.63, 3.8) is 0 Å². The third kappa shape index (κ3) is 4.50. The summed E-state index contributed by atoms with van der Waals surface area (Å²) in [5.74, 6) is -1.94. The first-order valence-electron chi connectivity index (χ1n) is 6.99. The molecular formula is C13H19F6NO3. The van der Waals surface area contributed by atoms with Crippen LogP contribution in [0.4, 0.5) is 26.3 Å². The first-order valence-corrected chi connectivity index (χ1v) is 6.99. The first kappa shape index (κ1) is 20.0. The minimum atomic E-state index is -6.04. The topological polar surface area (TPSA) is 58.6 Å². The van der Waals surface area contributed by atoms with E-state index in [-0.39, 0.29) is 5.92 Å². The van der Waals surface area contributed by atoms with Gasteiger partial charge in [0.15, 0.2) is 0 Å². The molecule has 1 rings (SSSR count). The molecule has 1 fully saturated rings. The Bertz CT molecular complexity index is 412. The summed E-state index contributed by atoms with van der Waals surface area (Å²) in [5, 5.41) is 12.0. The highest BCUT2D eigenvalue weighted by Crippen LogP contribution is 2.45. The number of carbonyl (C=O) groups excluding carboxylic acids is 1. The number of halogens is 6. The van der Waals surface area contributed by atoms with E-state index in [1.54, 1.807) is 0 Å². The molecule has 1 saturated heterocycles. The van der Waals surface area contributed by atoms with Crippen molar-refractivity contribution < 1.29 is 41.0 Å². The summed E-state index contributed by atoms with van der Waals surface area (Å²) < 4.78 is 80.2. The molecule has 2 N–H and O–H groups in total. The van der Waals surface area contributed by atoms with Crippen LogP contribution >= 0.6 is 0 Å². The zero-order valence-corrected chi connectivity index (χ0v) is 12.6. The smallest absolute Gasteiger partial charge is 0.426 e. The predicted octanol–water partition coefficient (Wildman–Crippen LogP) is 2.55. The number of hydrogen-bond donors (Lipinski definition) is 2. The van der Waals surface area contributed by atoms with Crippen molar-refractivity contribution in [3.05, 3.63) is 0 Å². The standard InChI is InChI=1S/C13H19F6NO3/c1-10(2,8-3-5-20-6-4-8)23-9(21)7-11(22,12(14,15)16)13(17,18)19/h8,20,22H,3-7H2,1-2H3. The van der Waals surface area contributed by atoms with Crippen LogP contribution in [0, 0.1) is 5.92 Å². The molecule has 0 bridgehead atoms. The van der Waals surface area contributed by atoms with Crippen LogP contribution in [-0.2, 0) is 9.53 Å². The molecule has 0 saturated carbocycles. The minimum absolute atomic E-state index is 0.197. The van der Waals surface area contributed by atoms with Crippen molar-refractivity contribution in [2.75, 3.05) is 13.1 Å². The molecule has 0 aromatic carbocycles. The van der Waals surface area contributed by atoms with Crippen LogP contribution in [0.1, 0.15) is 33.1 Å². The number of rotatable bonds is 4. The number of esters is 1. The van der Waals surface area contributed by atoms with E-state index in [0.29, 0.717) is 25.9 Å². The molecule has 0 unspecified atom stereocenters. The van der Waals surface area contributed by atoms with Crippen molar-refractivity contribution in [2.45, 2.75) is 56.7 Å². The SMILES string of the molecule is CC(C)(OC(=O)CC(O)(C(F)(F)F)C(F)(F)F)C1CCNCC1. The summed E-state index contributed by atoms with van der Waals surface area (Å²) in [5.41, 5.74) is -6.35. The van der Waals surface area contributed by atoms with Crippen LogP contribution in [0.2, 0.25) is 0 Å². The van der Waals surface area contributed by atoms with Crippen LogP contribution in [0.5, 0.6) is 0 Å². The first-order chi connectivity index (χ1) is 10.2. The third-order valence-electron chi connectivity index (χ3n) is 4.04. The lowest BCUT2D eigenvalue weighted by Gasteiger charge is -2.38. The van der Waals surface area contributed by atoms with E-state index in [1.165, 1.54) is 13.8 Å². The zero-order valence-electron chi connectivity index (χ0n) is 12.6. The van der Waals surface area contributed by atoms with Gasteiger partial charge in [-0.1, -0.05) is 0 Å². The highest BCUT2D eigenvalue weighted by atomic mass is 19.4. The summed E-state index contributed by atoms with van der Waals surface area (Å²) in [4.78, 5) is 11.6. The molecule has 0 radical (unpaired) electrons. The summed E-state index contributed by atoms with van der Waals surface area (Å²) in [6, 6.07) is 0. The summed E-state index contributed by atoms with van der Waals surface area (Å²) >= 11 is 0. The zero-order chi connectivity index (χ0) is 18.1. The van der Waals surface area contributed by atoms with E-state index in [0.717, 1.165) is 0 Å². The molecule has 0 atom stereocenters. The van der Waals surface area contributed by atoms with Crippen molar-refractivity contribution in [3.8, 4) is 0 Å². The molecular weight excluding hydrogens is 332 g/mol. The molecule has 0 amide bonds. The van der Waals surface area contributed by atoms with Crippen molar-refractivity contribution >= 4 is 5.97 Å². The van der Waals surface area contributed by atoms with Crippen LogP contribution in [0.15, 0.2) is 0 Å². The molecule has 1 aliphatic rings. The average molecular weight is 351 g/mol. The molecule has 0 aromatic rings. The van der Waals surface area contributed by atoms with Gasteiger partial charge in [-0.2, -0.15) is 26.3 Å². The van der Waals surface area contributed by atoms with Gasteiger partial charge >= 0.3 is 18.3 Å². The van der Waals surface area contributed by atoms with Crippen LogP contribution in [0.25, 0.3) is 0 Å². The Morgan fingerprint density at radius 3 is 1.91 bits per heavy atom. The second kappa shape index (κ2) is 6.46. The van der Waals surface area contributed by atoms with E-state index < -0.39 is 35.9 Å². The fourth-order valence-corrected chi connectivity index (χ4v) is 2.50. The maximum absolute atomic E-state index is 12.6. The van der Waals surface area contributed by atoms with Crippen LogP contribution < -0.4 is 5.32 Å². The second-order valence-corrected chi connectivity index (χ2v) is 6.13. The van der Waals surface area contributed by atoms with Gasteiger partial charge in [0.05, 0.1) is 6.42 Å². The molecule has 23 heavy (non-hydrogen) atoms. The third-order valence-corrected chi connectivity index (χ3v) is 4.04. The van der Waals surface area contributed by atoms with E-state index in [2.05, 4.69) is 5.32 Å². The van der Waals surface area contributed by atoms with Gasteiger partial charge in [0.2, 0.25) is 0 Å². The maximum atomic E-state index is 12.6. The number of ether oxygens (including phenoxy) is 1. The van der Waals surface area contributed by atoms with Gasteiger partial charge in [0.1, 0.15) is 5.60 Å². The Labute approximate surface area is 129 Å². The van der Waals surface area contributed by atoms with Gasteiger partial charge in [0.25, 0.3) is 5.60 Å². The number of piperidine rings is 1. The van der Waals surface area contributed by atoms with Crippen molar-refractivity contribution in [1.29, 1.82) is 0 Å². The second-order valence-electron chi connectivity index (χ2n) is 6.13. The van der Waals surface area contributed by atoms with Gasteiger partial charge < -0.3 is 15.2 Å². The lowest BCUT2D eigenvalue weighted by Crippen LogP contribution is -2.58. The maximum Gasteiger partial charge on any atom is 0.426 e. The highest BCUT2D eigenvalue weighted by molar-refractivity contribution is 5.71. The molecule has 10 heteroatoms. The molecule has 136 valence electrons.